The number of nitrogens with zero attached hydrogens (tertiary/aromatic N) is 5. The van der Waals surface area contributed by atoms with Crippen LogP contribution < -0.4 is 10.2 Å². The van der Waals surface area contributed by atoms with Gasteiger partial charge >= 0.3 is 0 Å². The highest BCUT2D eigenvalue weighted by atomic mass is 16.5. The summed E-state index contributed by atoms with van der Waals surface area (Å²) in [5, 5.41) is 3.08. The van der Waals surface area contributed by atoms with E-state index in [9.17, 15) is 4.79 Å². The number of carbonyl (C=O) groups excluding carboxylic acids is 1. The lowest BCUT2D eigenvalue weighted by atomic mass is 10.0. The number of hydrogen-bond donors (Lipinski definition) is 1. The topological polar surface area (TPSA) is 83.5 Å². The molecule has 1 amide bonds. The minimum Gasteiger partial charge on any atom is -0.378 e. The van der Waals surface area contributed by atoms with Gasteiger partial charge in [0, 0.05) is 49.6 Å². The first-order chi connectivity index (χ1) is 17.1. The molecule has 0 bridgehead atoms. The second-order valence-corrected chi connectivity index (χ2v) is 9.10. The number of carbonyl (C=O) groups is 1. The summed E-state index contributed by atoms with van der Waals surface area (Å²) in [4.78, 5) is 30.8. The van der Waals surface area contributed by atoms with Crippen LogP contribution >= 0.6 is 0 Å². The first-order valence-electron chi connectivity index (χ1n) is 11.9. The molecule has 1 N–H and O–H groups in total. The van der Waals surface area contributed by atoms with Crippen molar-refractivity contribution in [1.82, 2.24) is 25.2 Å². The molecule has 1 saturated heterocycles. The molecule has 3 aromatic rings. The third-order valence-corrected chi connectivity index (χ3v) is 6.34. The zero-order valence-electron chi connectivity index (χ0n) is 20.1. The number of hydrogen-bond acceptors (Lipinski definition) is 7. The van der Waals surface area contributed by atoms with Crippen LogP contribution in [0.25, 0.3) is 5.57 Å². The predicted molar refractivity (Wildman–Crippen MR) is 135 cm³/mol. The molecule has 0 saturated carbocycles. The van der Waals surface area contributed by atoms with Crippen molar-refractivity contribution in [1.29, 1.82) is 0 Å². The normalized spacial score (nSPS) is 16.1. The van der Waals surface area contributed by atoms with Crippen molar-refractivity contribution in [2.75, 3.05) is 51.8 Å². The Morgan fingerprint density at radius 2 is 1.83 bits per heavy atom. The summed E-state index contributed by atoms with van der Waals surface area (Å²) < 4.78 is 5.48. The maximum absolute atomic E-state index is 13.0. The summed E-state index contributed by atoms with van der Waals surface area (Å²) in [6, 6.07) is 12.0. The van der Waals surface area contributed by atoms with Crippen molar-refractivity contribution < 1.29 is 9.53 Å². The number of anilines is 1. The van der Waals surface area contributed by atoms with Gasteiger partial charge in [0.2, 0.25) is 5.82 Å². The summed E-state index contributed by atoms with van der Waals surface area (Å²) in [7, 11) is 3.97. The molecule has 1 atom stereocenters. The van der Waals surface area contributed by atoms with Crippen molar-refractivity contribution in [3.05, 3.63) is 89.3 Å². The Morgan fingerprint density at radius 3 is 2.54 bits per heavy atom. The minimum atomic E-state index is -0.288. The highest BCUT2D eigenvalue weighted by molar-refractivity contribution is 5.91. The number of fused-ring (bicyclic) bond motifs is 1. The van der Waals surface area contributed by atoms with Gasteiger partial charge in [-0.25, -0.2) is 9.97 Å². The van der Waals surface area contributed by atoms with Crippen LogP contribution in [0.5, 0.6) is 0 Å². The third kappa shape index (κ3) is 5.23. The van der Waals surface area contributed by atoms with Crippen molar-refractivity contribution in [3.63, 3.8) is 0 Å². The molecule has 180 valence electrons. The molecule has 0 unspecified atom stereocenters. The number of benzene rings is 1. The zero-order valence-corrected chi connectivity index (χ0v) is 20.1. The fourth-order valence-electron chi connectivity index (χ4n) is 4.55. The average molecular weight is 471 g/mol. The SMILES string of the molecule is CN(C)C[C@H](NC(=O)c1ncc(C2=CCc3ncc(N4CCOCC4)cc32)cn1)c1ccccc1. The van der Waals surface area contributed by atoms with Crippen LogP contribution in [0.2, 0.25) is 0 Å². The maximum Gasteiger partial charge on any atom is 0.289 e. The molecular formula is C27H30N6O2. The maximum atomic E-state index is 13.0. The van der Waals surface area contributed by atoms with Gasteiger partial charge in [-0.05, 0) is 31.3 Å². The minimum absolute atomic E-state index is 0.156. The number of pyridine rings is 1. The zero-order chi connectivity index (χ0) is 24.2. The van der Waals surface area contributed by atoms with E-state index in [2.05, 4.69) is 32.3 Å². The molecule has 1 aliphatic heterocycles. The van der Waals surface area contributed by atoms with Crippen LogP contribution in [0.15, 0.2) is 61.1 Å². The highest BCUT2D eigenvalue weighted by Gasteiger charge is 2.22. The van der Waals surface area contributed by atoms with E-state index in [-0.39, 0.29) is 17.8 Å². The van der Waals surface area contributed by atoms with Crippen LogP contribution in [-0.2, 0) is 11.2 Å². The average Bonchev–Trinajstić information content (AvgIpc) is 3.32. The number of likely N-dealkylation sites (N-methyl/N-ethyl adjacent to an activating group) is 1. The predicted octanol–water partition coefficient (Wildman–Crippen LogP) is 2.73. The fraction of sp³-hybridized carbons (Fsp3) is 0.333. The second kappa shape index (κ2) is 10.3. The van der Waals surface area contributed by atoms with Crippen molar-refractivity contribution >= 4 is 17.2 Å². The van der Waals surface area contributed by atoms with Gasteiger partial charge in [0.15, 0.2) is 0 Å². The molecule has 0 spiro atoms. The lowest BCUT2D eigenvalue weighted by Gasteiger charge is -2.29. The first-order valence-corrected chi connectivity index (χ1v) is 11.9. The lowest BCUT2D eigenvalue weighted by molar-refractivity contribution is 0.0919. The number of nitrogens with one attached hydrogen (secondary N) is 1. The number of amides is 1. The molecular weight excluding hydrogens is 440 g/mol. The first kappa shape index (κ1) is 23.1. The largest absolute Gasteiger partial charge is 0.378 e. The van der Waals surface area contributed by atoms with Crippen LogP contribution in [0, 0.1) is 0 Å². The van der Waals surface area contributed by atoms with Crippen molar-refractivity contribution in [2.45, 2.75) is 12.5 Å². The van der Waals surface area contributed by atoms with Crippen LogP contribution in [0.3, 0.4) is 0 Å². The quantitative estimate of drug-likeness (QED) is 0.568. The molecule has 3 heterocycles. The molecule has 0 radical (unpaired) electrons. The van der Waals surface area contributed by atoms with Crippen LogP contribution in [-0.4, -0.2) is 72.7 Å². The molecule has 8 nitrogen and oxygen atoms in total. The van der Waals surface area contributed by atoms with Crippen molar-refractivity contribution in [2.24, 2.45) is 0 Å². The summed E-state index contributed by atoms with van der Waals surface area (Å²) in [6.45, 7) is 3.87. The molecule has 1 aromatic carbocycles. The van der Waals surface area contributed by atoms with Gasteiger partial charge in [-0.15, -0.1) is 0 Å². The summed E-state index contributed by atoms with van der Waals surface area (Å²) in [6.07, 6.45) is 8.34. The van der Waals surface area contributed by atoms with Gasteiger partial charge < -0.3 is 19.9 Å². The van der Waals surface area contributed by atoms with E-state index >= 15 is 0 Å². The number of ether oxygens (including phenoxy) is 1. The van der Waals surface area contributed by atoms with Crippen LogP contribution in [0.1, 0.15) is 39.0 Å². The third-order valence-electron chi connectivity index (χ3n) is 6.34. The Labute approximate surface area is 205 Å². The molecule has 5 rings (SSSR count). The molecule has 2 aromatic heterocycles. The van der Waals surface area contributed by atoms with Crippen molar-refractivity contribution in [3.8, 4) is 0 Å². The Kier molecular flexibility index (Phi) is 6.83. The highest BCUT2D eigenvalue weighted by Crippen LogP contribution is 2.33. The van der Waals surface area contributed by atoms with Gasteiger partial charge in [0.1, 0.15) is 0 Å². The molecule has 2 aliphatic rings. The molecule has 35 heavy (non-hydrogen) atoms. The standard InChI is InChI=1S/C27H30N6O2/c1-32(2)18-25(19-6-4-3-5-7-19)31-27(34)26-29-15-20(16-30-26)22-8-9-24-23(22)14-21(17-28-24)33-10-12-35-13-11-33/h3-8,14-17,25H,9-13,18H2,1-2H3,(H,31,34)/t25-/m0/s1. The van der Waals surface area contributed by atoms with E-state index in [0.29, 0.717) is 6.54 Å². The number of aromatic nitrogens is 3. The van der Waals surface area contributed by atoms with E-state index in [0.717, 1.165) is 66.4 Å². The smallest absolute Gasteiger partial charge is 0.289 e. The van der Waals surface area contributed by atoms with E-state index in [4.69, 9.17) is 9.72 Å². The number of rotatable bonds is 7. The van der Waals surface area contributed by atoms with Gasteiger partial charge in [0.25, 0.3) is 5.91 Å². The Balaban J connectivity index is 1.32. The van der Waals surface area contributed by atoms with E-state index < -0.39 is 0 Å². The molecule has 1 aliphatic carbocycles. The van der Waals surface area contributed by atoms with Gasteiger partial charge in [-0.1, -0.05) is 36.4 Å². The number of morpholine rings is 1. The van der Waals surface area contributed by atoms with Gasteiger partial charge in [-0.2, -0.15) is 0 Å². The molecule has 1 fully saturated rings. The summed E-state index contributed by atoms with van der Waals surface area (Å²) >= 11 is 0. The van der Waals surface area contributed by atoms with E-state index in [1.165, 1.54) is 0 Å². The van der Waals surface area contributed by atoms with E-state index in [1.807, 2.05) is 55.5 Å². The monoisotopic (exact) mass is 470 g/mol. The van der Waals surface area contributed by atoms with Gasteiger partial charge in [-0.3, -0.25) is 9.78 Å². The summed E-state index contributed by atoms with van der Waals surface area (Å²) in [5.41, 5.74) is 6.24. The fourth-order valence-corrected chi connectivity index (χ4v) is 4.55. The molecule has 8 heteroatoms. The Bertz CT molecular complexity index is 1200. The van der Waals surface area contributed by atoms with E-state index in [1.54, 1.807) is 12.4 Å². The van der Waals surface area contributed by atoms with Gasteiger partial charge in [0.05, 0.1) is 36.8 Å². The second-order valence-electron chi connectivity index (χ2n) is 9.10. The summed E-state index contributed by atoms with van der Waals surface area (Å²) in [5.74, 6) is -0.128. The van der Waals surface area contributed by atoms with Crippen LogP contribution in [0.4, 0.5) is 5.69 Å². The Morgan fingerprint density at radius 1 is 1.09 bits per heavy atom. The Hall–Kier alpha value is -3.62. The lowest BCUT2D eigenvalue weighted by Crippen LogP contribution is -2.36. The number of allylic oxidation sites excluding steroid dienone is 1.